The maximum absolute atomic E-state index is 6.28. The number of nitrogens with two attached hydrogens (primary N) is 1. The SMILES string of the molecule is NC1C2CCOC2C1N1CC2(CCCC2)C1. The van der Waals surface area contributed by atoms with Gasteiger partial charge in [0.2, 0.25) is 0 Å². The van der Waals surface area contributed by atoms with E-state index in [1.165, 1.54) is 45.2 Å². The molecule has 3 nitrogen and oxygen atoms in total. The van der Waals surface area contributed by atoms with E-state index in [0.29, 0.717) is 29.5 Å². The number of hydrogen-bond donors (Lipinski definition) is 1. The third kappa shape index (κ3) is 1.14. The van der Waals surface area contributed by atoms with Crippen LogP contribution in [0.1, 0.15) is 32.1 Å². The Balaban J connectivity index is 1.42. The first-order valence-corrected chi connectivity index (χ1v) is 6.90. The predicted molar refractivity (Wildman–Crippen MR) is 62.1 cm³/mol. The van der Waals surface area contributed by atoms with Crippen LogP contribution in [0.2, 0.25) is 0 Å². The second kappa shape index (κ2) is 3.21. The lowest BCUT2D eigenvalue weighted by Crippen LogP contribution is -2.74. The summed E-state index contributed by atoms with van der Waals surface area (Å²) in [6.45, 7) is 3.55. The maximum atomic E-state index is 6.28. The summed E-state index contributed by atoms with van der Waals surface area (Å²) in [6.07, 6.45) is 7.50. The molecule has 2 aliphatic heterocycles. The molecule has 4 aliphatic rings. The van der Waals surface area contributed by atoms with Crippen molar-refractivity contribution in [2.75, 3.05) is 19.7 Å². The van der Waals surface area contributed by atoms with Crippen molar-refractivity contribution in [3.05, 3.63) is 0 Å². The molecule has 4 unspecified atom stereocenters. The molecule has 0 amide bonds. The van der Waals surface area contributed by atoms with Crippen molar-refractivity contribution in [2.24, 2.45) is 17.1 Å². The van der Waals surface area contributed by atoms with Crippen molar-refractivity contribution >= 4 is 0 Å². The summed E-state index contributed by atoms with van der Waals surface area (Å²) in [5.74, 6) is 0.671. The van der Waals surface area contributed by atoms with Gasteiger partial charge < -0.3 is 10.5 Å². The second-order valence-corrected chi connectivity index (χ2v) is 6.47. The Morgan fingerprint density at radius 3 is 2.69 bits per heavy atom. The largest absolute Gasteiger partial charge is 0.376 e. The first-order valence-electron chi connectivity index (χ1n) is 6.90. The molecule has 2 saturated carbocycles. The van der Waals surface area contributed by atoms with Crippen LogP contribution in [0.5, 0.6) is 0 Å². The van der Waals surface area contributed by atoms with Gasteiger partial charge in [-0.3, -0.25) is 4.90 Å². The van der Waals surface area contributed by atoms with E-state index in [0.717, 1.165) is 6.61 Å². The summed E-state index contributed by atoms with van der Waals surface area (Å²) >= 11 is 0. The summed E-state index contributed by atoms with van der Waals surface area (Å²) in [5.41, 5.74) is 6.98. The third-order valence-electron chi connectivity index (χ3n) is 5.57. The normalized spacial score (nSPS) is 50.1. The number of hydrogen-bond acceptors (Lipinski definition) is 3. The van der Waals surface area contributed by atoms with Crippen LogP contribution in [0.4, 0.5) is 0 Å². The van der Waals surface area contributed by atoms with Crippen LogP contribution in [-0.2, 0) is 4.74 Å². The fraction of sp³-hybridized carbons (Fsp3) is 1.00. The zero-order valence-electron chi connectivity index (χ0n) is 9.90. The maximum Gasteiger partial charge on any atom is 0.0789 e. The van der Waals surface area contributed by atoms with Gasteiger partial charge >= 0.3 is 0 Å². The Hall–Kier alpha value is -0.120. The van der Waals surface area contributed by atoms with Crippen molar-refractivity contribution in [3.8, 4) is 0 Å². The molecular formula is C13H22N2O. The van der Waals surface area contributed by atoms with Crippen molar-refractivity contribution in [3.63, 3.8) is 0 Å². The topological polar surface area (TPSA) is 38.5 Å². The standard InChI is InChI=1S/C13H22N2O/c14-10-9-3-6-16-12(9)11(10)15-7-13(8-15)4-1-2-5-13/h9-12H,1-8,14H2. The van der Waals surface area contributed by atoms with E-state index in [2.05, 4.69) is 4.90 Å². The molecule has 0 radical (unpaired) electrons. The molecule has 2 heterocycles. The lowest BCUT2D eigenvalue weighted by Gasteiger charge is -2.59. The number of ether oxygens (including phenoxy) is 1. The highest BCUT2D eigenvalue weighted by Crippen LogP contribution is 2.50. The van der Waals surface area contributed by atoms with Crippen LogP contribution in [0.3, 0.4) is 0 Å². The molecule has 0 aromatic rings. The molecule has 90 valence electrons. The van der Waals surface area contributed by atoms with E-state index in [4.69, 9.17) is 10.5 Å². The van der Waals surface area contributed by atoms with Gasteiger partial charge in [0, 0.05) is 31.7 Å². The van der Waals surface area contributed by atoms with Gasteiger partial charge in [0.25, 0.3) is 0 Å². The summed E-state index contributed by atoms with van der Waals surface area (Å²) < 4.78 is 5.82. The number of fused-ring (bicyclic) bond motifs is 1. The minimum atomic E-state index is 0.395. The Kier molecular flexibility index (Phi) is 1.98. The molecule has 1 spiro atoms. The van der Waals surface area contributed by atoms with Gasteiger partial charge in [0.15, 0.2) is 0 Å². The first kappa shape index (κ1) is 9.86. The van der Waals surface area contributed by atoms with Crippen LogP contribution in [-0.4, -0.2) is 42.8 Å². The minimum absolute atomic E-state index is 0.395. The molecule has 0 aromatic carbocycles. The number of rotatable bonds is 1. The van der Waals surface area contributed by atoms with Crippen molar-refractivity contribution in [1.29, 1.82) is 0 Å². The zero-order valence-corrected chi connectivity index (χ0v) is 9.90. The molecule has 4 rings (SSSR count). The lowest BCUT2D eigenvalue weighted by molar-refractivity contribution is -0.134. The van der Waals surface area contributed by atoms with Crippen LogP contribution in [0, 0.1) is 11.3 Å². The molecule has 16 heavy (non-hydrogen) atoms. The highest BCUT2D eigenvalue weighted by atomic mass is 16.5. The first-order chi connectivity index (χ1) is 7.79. The minimum Gasteiger partial charge on any atom is -0.376 e. The van der Waals surface area contributed by atoms with Gasteiger partial charge in [-0.2, -0.15) is 0 Å². The van der Waals surface area contributed by atoms with Crippen molar-refractivity contribution in [2.45, 2.75) is 50.3 Å². The highest BCUT2D eigenvalue weighted by molar-refractivity contribution is 5.13. The average Bonchev–Trinajstić information content (AvgIpc) is 2.83. The Morgan fingerprint density at radius 2 is 1.94 bits per heavy atom. The van der Waals surface area contributed by atoms with Crippen LogP contribution >= 0.6 is 0 Å². The van der Waals surface area contributed by atoms with Crippen LogP contribution in [0.25, 0.3) is 0 Å². The third-order valence-corrected chi connectivity index (χ3v) is 5.57. The highest BCUT2D eigenvalue weighted by Gasteiger charge is 2.59. The Labute approximate surface area is 97.3 Å². The summed E-state index contributed by atoms with van der Waals surface area (Å²) in [6, 6.07) is 0.949. The fourth-order valence-corrected chi connectivity index (χ4v) is 4.64. The van der Waals surface area contributed by atoms with E-state index in [9.17, 15) is 0 Å². The van der Waals surface area contributed by atoms with Crippen LogP contribution < -0.4 is 5.73 Å². The van der Waals surface area contributed by atoms with Crippen LogP contribution in [0.15, 0.2) is 0 Å². The molecule has 3 heteroatoms. The van der Waals surface area contributed by atoms with Crippen molar-refractivity contribution < 1.29 is 4.74 Å². The molecule has 4 fully saturated rings. The molecule has 2 saturated heterocycles. The van der Waals surface area contributed by atoms with E-state index < -0.39 is 0 Å². The molecule has 2 aliphatic carbocycles. The smallest absolute Gasteiger partial charge is 0.0789 e. The van der Waals surface area contributed by atoms with Gasteiger partial charge in [0.1, 0.15) is 0 Å². The molecule has 4 atom stereocenters. The molecule has 0 bridgehead atoms. The quantitative estimate of drug-likeness (QED) is 0.718. The Bertz CT molecular complexity index is 292. The summed E-state index contributed by atoms with van der Waals surface area (Å²) in [7, 11) is 0. The van der Waals surface area contributed by atoms with Gasteiger partial charge in [0.05, 0.1) is 12.1 Å². The lowest BCUT2D eigenvalue weighted by atomic mass is 9.67. The van der Waals surface area contributed by atoms with E-state index in [-0.39, 0.29) is 0 Å². The average molecular weight is 222 g/mol. The molecule has 2 N–H and O–H groups in total. The van der Waals surface area contributed by atoms with Gasteiger partial charge in [-0.15, -0.1) is 0 Å². The van der Waals surface area contributed by atoms with E-state index in [1.54, 1.807) is 0 Å². The van der Waals surface area contributed by atoms with Gasteiger partial charge in [-0.25, -0.2) is 0 Å². The monoisotopic (exact) mass is 222 g/mol. The number of nitrogens with zero attached hydrogens (tertiary/aromatic N) is 1. The second-order valence-electron chi connectivity index (χ2n) is 6.47. The summed E-state index contributed by atoms with van der Waals surface area (Å²) in [4.78, 5) is 2.61. The van der Waals surface area contributed by atoms with Crippen molar-refractivity contribution in [1.82, 2.24) is 4.90 Å². The Morgan fingerprint density at radius 1 is 1.19 bits per heavy atom. The van der Waals surface area contributed by atoms with Gasteiger partial charge in [-0.1, -0.05) is 12.8 Å². The van der Waals surface area contributed by atoms with E-state index in [1.807, 2.05) is 0 Å². The summed E-state index contributed by atoms with van der Waals surface area (Å²) in [5, 5.41) is 0. The number of likely N-dealkylation sites (tertiary alicyclic amines) is 1. The predicted octanol–water partition coefficient (Wildman–Crippen LogP) is 0.977. The molecule has 0 aromatic heterocycles. The van der Waals surface area contributed by atoms with E-state index >= 15 is 0 Å². The fourth-order valence-electron chi connectivity index (χ4n) is 4.64. The molecular weight excluding hydrogens is 200 g/mol. The zero-order chi connectivity index (χ0) is 10.8. The van der Waals surface area contributed by atoms with Gasteiger partial charge in [-0.05, 0) is 24.7 Å².